The van der Waals surface area contributed by atoms with Gasteiger partial charge in [0, 0.05) is 33.3 Å². The van der Waals surface area contributed by atoms with Gasteiger partial charge in [-0.1, -0.05) is 18.2 Å². The fraction of sp³-hybridized carbons (Fsp3) is 0.316. The van der Waals surface area contributed by atoms with Gasteiger partial charge in [-0.3, -0.25) is 4.79 Å². The van der Waals surface area contributed by atoms with Crippen molar-refractivity contribution in [3.05, 3.63) is 54.1 Å². The molecule has 0 spiro atoms. The van der Waals surface area contributed by atoms with E-state index in [1.807, 2.05) is 30.3 Å². The van der Waals surface area contributed by atoms with Crippen LogP contribution in [0.15, 0.2) is 53.4 Å². The molecule has 1 amide bonds. The summed E-state index contributed by atoms with van der Waals surface area (Å²) in [5.41, 5.74) is 1.50. The zero-order valence-electron chi connectivity index (χ0n) is 15.5. The van der Waals surface area contributed by atoms with Crippen LogP contribution in [0.25, 0.3) is 0 Å². The number of ether oxygens (including phenoxy) is 1. The van der Waals surface area contributed by atoms with Gasteiger partial charge in [-0.05, 0) is 42.3 Å². The van der Waals surface area contributed by atoms with Crippen LogP contribution in [0.4, 0.5) is 5.69 Å². The van der Waals surface area contributed by atoms with E-state index in [1.165, 1.54) is 27.3 Å². The van der Waals surface area contributed by atoms with Crippen LogP contribution in [0, 0.1) is 0 Å². The van der Waals surface area contributed by atoms with Crippen molar-refractivity contribution >= 4 is 21.6 Å². The molecule has 0 saturated carbocycles. The fourth-order valence-corrected chi connectivity index (χ4v) is 3.48. The van der Waals surface area contributed by atoms with Gasteiger partial charge in [0.05, 0.1) is 12.0 Å². The molecule has 0 radical (unpaired) electrons. The molecule has 26 heavy (non-hydrogen) atoms. The van der Waals surface area contributed by atoms with E-state index in [0.717, 1.165) is 9.99 Å². The molecular weight excluding hydrogens is 352 g/mol. The Labute approximate surface area is 155 Å². The number of amides is 1. The molecular formula is C19H24N2O4S. The van der Waals surface area contributed by atoms with Crippen LogP contribution in [-0.2, 0) is 21.2 Å². The van der Waals surface area contributed by atoms with Crippen molar-refractivity contribution in [2.45, 2.75) is 17.7 Å². The van der Waals surface area contributed by atoms with E-state index in [1.54, 1.807) is 24.1 Å². The number of carbonyl (C=O) groups excluding carboxylic acids is 1. The monoisotopic (exact) mass is 376 g/mol. The van der Waals surface area contributed by atoms with Crippen LogP contribution in [0.5, 0.6) is 5.75 Å². The average Bonchev–Trinajstić information content (AvgIpc) is 2.65. The summed E-state index contributed by atoms with van der Waals surface area (Å²) in [6, 6.07) is 14.1. The average molecular weight is 376 g/mol. The van der Waals surface area contributed by atoms with E-state index in [4.69, 9.17) is 4.74 Å². The molecule has 6 nitrogen and oxygen atoms in total. The van der Waals surface area contributed by atoms with E-state index >= 15 is 0 Å². The van der Waals surface area contributed by atoms with E-state index < -0.39 is 10.0 Å². The lowest BCUT2D eigenvalue weighted by molar-refractivity contribution is -0.118. The molecule has 0 bridgehead atoms. The van der Waals surface area contributed by atoms with Gasteiger partial charge in [-0.2, -0.15) is 0 Å². The second-order valence-electron chi connectivity index (χ2n) is 6.05. The topological polar surface area (TPSA) is 66.9 Å². The Balaban J connectivity index is 2.19. The number of aryl methyl sites for hydroxylation is 1. The number of sulfonamides is 1. The standard InChI is InChI=1S/C19H24N2O4S/c1-20(2)26(23,24)17-11-12-18(25-4)15(14-17)10-13-19(22)21(3)16-8-6-5-7-9-16/h5-9,11-12,14H,10,13H2,1-4H3. The highest BCUT2D eigenvalue weighted by Gasteiger charge is 2.20. The summed E-state index contributed by atoms with van der Waals surface area (Å²) < 4.78 is 31.1. The van der Waals surface area contributed by atoms with Gasteiger partial charge < -0.3 is 9.64 Å². The highest BCUT2D eigenvalue weighted by Crippen LogP contribution is 2.25. The van der Waals surface area contributed by atoms with E-state index in [0.29, 0.717) is 17.7 Å². The smallest absolute Gasteiger partial charge is 0.242 e. The van der Waals surface area contributed by atoms with Crippen molar-refractivity contribution in [1.29, 1.82) is 0 Å². The van der Waals surface area contributed by atoms with Crippen LogP contribution in [0.1, 0.15) is 12.0 Å². The van der Waals surface area contributed by atoms with Crippen molar-refractivity contribution < 1.29 is 17.9 Å². The summed E-state index contributed by atoms with van der Waals surface area (Å²) in [5.74, 6) is 0.511. The molecule has 0 aliphatic carbocycles. The Hall–Kier alpha value is -2.38. The molecule has 7 heteroatoms. The van der Waals surface area contributed by atoms with Gasteiger partial charge in [-0.25, -0.2) is 12.7 Å². The van der Waals surface area contributed by atoms with E-state index in [2.05, 4.69) is 0 Å². The first kappa shape index (κ1) is 19.9. The third kappa shape index (κ3) is 4.42. The first-order chi connectivity index (χ1) is 12.3. The Morgan fingerprint density at radius 1 is 1.04 bits per heavy atom. The molecule has 0 atom stereocenters. The zero-order valence-corrected chi connectivity index (χ0v) is 16.3. The largest absolute Gasteiger partial charge is 0.496 e. The van der Waals surface area contributed by atoms with Gasteiger partial charge in [0.25, 0.3) is 0 Å². The van der Waals surface area contributed by atoms with E-state index in [-0.39, 0.29) is 17.2 Å². The number of methoxy groups -OCH3 is 1. The summed E-state index contributed by atoms with van der Waals surface area (Å²) in [7, 11) is 2.68. The molecule has 0 aromatic heterocycles. The normalized spacial score (nSPS) is 11.4. The van der Waals surface area contributed by atoms with Gasteiger partial charge in [0.15, 0.2) is 0 Å². The number of para-hydroxylation sites is 1. The van der Waals surface area contributed by atoms with Gasteiger partial charge in [-0.15, -0.1) is 0 Å². The maximum absolute atomic E-state index is 12.5. The lowest BCUT2D eigenvalue weighted by Gasteiger charge is -2.18. The summed E-state index contributed by atoms with van der Waals surface area (Å²) in [5, 5.41) is 0. The molecule has 0 aliphatic rings. The van der Waals surface area contributed by atoms with Crippen LogP contribution >= 0.6 is 0 Å². The lowest BCUT2D eigenvalue weighted by Crippen LogP contribution is -2.26. The van der Waals surface area contributed by atoms with Crippen LogP contribution in [-0.4, -0.2) is 46.9 Å². The van der Waals surface area contributed by atoms with Crippen molar-refractivity contribution in [2.75, 3.05) is 33.2 Å². The van der Waals surface area contributed by atoms with Crippen LogP contribution in [0.3, 0.4) is 0 Å². The number of benzene rings is 2. The first-order valence-corrected chi connectivity index (χ1v) is 9.62. The second kappa shape index (κ2) is 8.33. The third-order valence-electron chi connectivity index (χ3n) is 4.16. The predicted octanol–water partition coefficient (Wildman–Crippen LogP) is 2.54. The highest BCUT2D eigenvalue weighted by molar-refractivity contribution is 7.89. The quantitative estimate of drug-likeness (QED) is 0.745. The van der Waals surface area contributed by atoms with Crippen molar-refractivity contribution in [3.8, 4) is 5.75 Å². The number of rotatable bonds is 7. The summed E-state index contributed by atoms with van der Waals surface area (Å²) in [6.45, 7) is 0. The summed E-state index contributed by atoms with van der Waals surface area (Å²) >= 11 is 0. The molecule has 0 aliphatic heterocycles. The number of carbonyl (C=O) groups is 1. The Morgan fingerprint density at radius 3 is 2.27 bits per heavy atom. The van der Waals surface area contributed by atoms with Gasteiger partial charge >= 0.3 is 0 Å². The maximum Gasteiger partial charge on any atom is 0.242 e. The molecule has 0 saturated heterocycles. The summed E-state index contributed by atoms with van der Waals surface area (Å²) in [4.78, 5) is 14.2. The molecule has 0 fully saturated rings. The van der Waals surface area contributed by atoms with Crippen LogP contribution in [0.2, 0.25) is 0 Å². The third-order valence-corrected chi connectivity index (χ3v) is 5.97. The van der Waals surface area contributed by atoms with Crippen molar-refractivity contribution in [2.24, 2.45) is 0 Å². The molecule has 0 heterocycles. The Morgan fingerprint density at radius 2 is 1.69 bits per heavy atom. The number of nitrogens with zero attached hydrogens (tertiary/aromatic N) is 2. The van der Waals surface area contributed by atoms with Crippen LogP contribution < -0.4 is 9.64 Å². The molecule has 0 N–H and O–H groups in total. The minimum atomic E-state index is -3.54. The molecule has 0 unspecified atom stereocenters. The zero-order chi connectivity index (χ0) is 19.3. The Bertz CT molecular complexity index is 864. The predicted molar refractivity (Wildman–Crippen MR) is 102 cm³/mol. The minimum Gasteiger partial charge on any atom is -0.496 e. The first-order valence-electron chi connectivity index (χ1n) is 8.18. The van der Waals surface area contributed by atoms with E-state index in [9.17, 15) is 13.2 Å². The summed E-state index contributed by atoms with van der Waals surface area (Å²) in [6.07, 6.45) is 0.628. The molecule has 140 valence electrons. The highest BCUT2D eigenvalue weighted by atomic mass is 32.2. The number of anilines is 1. The van der Waals surface area contributed by atoms with Gasteiger partial charge in [0.2, 0.25) is 15.9 Å². The number of hydrogen-bond acceptors (Lipinski definition) is 4. The minimum absolute atomic E-state index is 0.0564. The van der Waals surface area contributed by atoms with Crippen molar-refractivity contribution in [1.82, 2.24) is 4.31 Å². The lowest BCUT2D eigenvalue weighted by atomic mass is 10.1. The fourth-order valence-electron chi connectivity index (χ4n) is 2.53. The van der Waals surface area contributed by atoms with Gasteiger partial charge in [0.1, 0.15) is 5.75 Å². The molecule has 2 rings (SSSR count). The maximum atomic E-state index is 12.5. The second-order valence-corrected chi connectivity index (χ2v) is 8.20. The Kier molecular flexibility index (Phi) is 6.39. The number of hydrogen-bond donors (Lipinski definition) is 0. The molecule has 2 aromatic rings. The van der Waals surface area contributed by atoms with Crippen molar-refractivity contribution in [3.63, 3.8) is 0 Å². The SMILES string of the molecule is COc1ccc(S(=O)(=O)N(C)C)cc1CCC(=O)N(C)c1ccccc1. The molecule has 2 aromatic carbocycles.